The Labute approximate surface area is 109 Å². The second-order valence-electron chi connectivity index (χ2n) is 2.82. The van der Waals surface area contributed by atoms with Crippen LogP contribution in [0.2, 0.25) is 0 Å². The van der Waals surface area contributed by atoms with Crippen LogP contribution in [0.1, 0.15) is 0 Å². The number of methoxy groups -OCH3 is 1. The lowest BCUT2D eigenvalue weighted by Gasteiger charge is -1.96. The second-order valence-corrected chi connectivity index (χ2v) is 2.82. The fourth-order valence-corrected chi connectivity index (χ4v) is 0.444. The first kappa shape index (κ1) is 19.3. The van der Waals surface area contributed by atoms with Crippen LogP contribution >= 0.6 is 0 Å². The number of carbonyl (C=O) groups excluding carboxylic acids is 3. The Balaban J connectivity index is 0. The minimum Gasteiger partial charge on any atom is -0.466 e. The van der Waals surface area contributed by atoms with E-state index in [1.807, 2.05) is 0 Å². The van der Waals surface area contributed by atoms with Crippen molar-refractivity contribution in [1.29, 1.82) is 0 Å². The highest BCUT2D eigenvalue weighted by molar-refractivity contribution is 6.04. The highest BCUT2D eigenvalue weighted by Gasteiger charge is 2.10. The Morgan fingerprint density at radius 3 is 1.84 bits per heavy atom. The molecule has 0 aromatic rings. The number of rotatable bonds is 3. The van der Waals surface area contributed by atoms with Gasteiger partial charge in [-0.25, -0.2) is 14.4 Å². The minimum absolute atomic E-state index is 0.365. The van der Waals surface area contributed by atoms with Gasteiger partial charge in [0, 0.05) is 18.2 Å². The van der Waals surface area contributed by atoms with E-state index in [0.717, 1.165) is 18.2 Å². The Kier molecular flexibility index (Phi) is 12.6. The van der Waals surface area contributed by atoms with Crippen LogP contribution in [0.4, 0.5) is 0 Å². The zero-order valence-electron chi connectivity index (χ0n) is 10.3. The van der Waals surface area contributed by atoms with E-state index in [1.54, 1.807) is 0 Å². The fraction of sp³-hybridized carbons (Fsp3) is 0.364. The molecule has 1 aliphatic rings. The van der Waals surface area contributed by atoms with Gasteiger partial charge >= 0.3 is 17.9 Å². The molecule has 1 heterocycles. The van der Waals surface area contributed by atoms with E-state index in [4.69, 9.17) is 15.3 Å². The summed E-state index contributed by atoms with van der Waals surface area (Å²) in [6.45, 7) is 2.43. The summed E-state index contributed by atoms with van der Waals surface area (Å²) >= 11 is 0. The topological polar surface area (TPSA) is 130 Å². The summed E-state index contributed by atoms with van der Waals surface area (Å²) in [5, 5.41) is 24.0. The van der Waals surface area contributed by atoms with Crippen molar-refractivity contribution in [3.63, 3.8) is 0 Å². The summed E-state index contributed by atoms with van der Waals surface area (Å²) in [5.74, 6) is -1.55. The quantitative estimate of drug-likeness (QED) is 0.316. The van der Waals surface area contributed by atoms with E-state index in [1.165, 1.54) is 7.11 Å². The third kappa shape index (κ3) is 13.9. The van der Waals surface area contributed by atoms with Gasteiger partial charge in [-0.3, -0.25) is 0 Å². The standard InChI is InChI=1S/C4H2O3.C4H6O2.C3H8O3/c5-3-1-2-4(6)7-3;1-3-4(5)6-2;4-1-3(6)2-5/h1-2H;3H,1H2,2H3;3-6H,1-2H2. The third-order valence-electron chi connectivity index (χ3n) is 1.35. The van der Waals surface area contributed by atoms with Gasteiger partial charge in [-0.1, -0.05) is 6.58 Å². The molecule has 0 atom stereocenters. The first-order valence-corrected chi connectivity index (χ1v) is 4.95. The normalized spacial score (nSPS) is 11.8. The van der Waals surface area contributed by atoms with E-state index >= 15 is 0 Å². The number of hydrogen-bond donors (Lipinski definition) is 3. The molecule has 0 spiro atoms. The molecule has 19 heavy (non-hydrogen) atoms. The predicted octanol–water partition coefficient (Wildman–Crippen LogP) is -1.70. The van der Waals surface area contributed by atoms with Gasteiger partial charge in [-0.05, 0) is 0 Å². The predicted molar refractivity (Wildman–Crippen MR) is 62.6 cm³/mol. The molecular weight excluding hydrogens is 260 g/mol. The van der Waals surface area contributed by atoms with Crippen LogP contribution in [0.5, 0.6) is 0 Å². The van der Waals surface area contributed by atoms with E-state index < -0.39 is 24.0 Å². The zero-order valence-corrected chi connectivity index (χ0v) is 10.3. The molecule has 0 aliphatic carbocycles. The monoisotopic (exact) mass is 276 g/mol. The average molecular weight is 276 g/mol. The molecule has 0 bridgehead atoms. The van der Waals surface area contributed by atoms with Crippen molar-refractivity contribution in [3.05, 3.63) is 24.8 Å². The van der Waals surface area contributed by atoms with Crippen molar-refractivity contribution >= 4 is 17.9 Å². The molecule has 0 saturated carbocycles. The highest BCUT2D eigenvalue weighted by atomic mass is 16.6. The molecule has 0 saturated heterocycles. The van der Waals surface area contributed by atoms with Crippen molar-refractivity contribution < 1.29 is 39.2 Å². The van der Waals surface area contributed by atoms with Crippen molar-refractivity contribution in [1.82, 2.24) is 0 Å². The summed E-state index contributed by atoms with van der Waals surface area (Å²) < 4.78 is 8.11. The van der Waals surface area contributed by atoms with Crippen molar-refractivity contribution in [3.8, 4) is 0 Å². The molecule has 1 rings (SSSR count). The van der Waals surface area contributed by atoms with Crippen LogP contribution in [0.15, 0.2) is 24.8 Å². The molecule has 0 unspecified atom stereocenters. The largest absolute Gasteiger partial charge is 0.466 e. The summed E-state index contributed by atoms with van der Waals surface area (Å²) in [6.07, 6.45) is 2.33. The van der Waals surface area contributed by atoms with Crippen molar-refractivity contribution in [2.75, 3.05) is 20.3 Å². The maximum Gasteiger partial charge on any atom is 0.338 e. The van der Waals surface area contributed by atoms with Gasteiger partial charge in [0.05, 0.1) is 20.3 Å². The maximum atomic E-state index is 9.92. The lowest BCUT2D eigenvalue weighted by atomic mass is 10.4. The molecule has 8 nitrogen and oxygen atoms in total. The van der Waals surface area contributed by atoms with E-state index in [2.05, 4.69) is 16.1 Å². The molecule has 0 aromatic heterocycles. The number of cyclic esters (lactones) is 2. The van der Waals surface area contributed by atoms with Crippen LogP contribution in [0.3, 0.4) is 0 Å². The molecular formula is C11H16O8. The summed E-state index contributed by atoms with van der Waals surface area (Å²) in [5.41, 5.74) is 0. The van der Waals surface area contributed by atoms with Gasteiger partial charge in [-0.2, -0.15) is 0 Å². The van der Waals surface area contributed by atoms with E-state index in [0.29, 0.717) is 0 Å². The lowest BCUT2D eigenvalue weighted by molar-refractivity contribution is -0.150. The highest BCUT2D eigenvalue weighted by Crippen LogP contribution is 1.92. The number of aliphatic hydroxyl groups is 3. The van der Waals surface area contributed by atoms with Gasteiger partial charge in [0.25, 0.3) is 0 Å². The number of aliphatic hydroxyl groups excluding tert-OH is 3. The van der Waals surface area contributed by atoms with Crippen molar-refractivity contribution in [2.24, 2.45) is 0 Å². The third-order valence-corrected chi connectivity index (χ3v) is 1.35. The number of hydrogen-bond acceptors (Lipinski definition) is 8. The van der Waals surface area contributed by atoms with Crippen LogP contribution in [-0.2, 0) is 23.9 Å². The Hall–Kier alpha value is -2.03. The number of ether oxygens (including phenoxy) is 2. The van der Waals surface area contributed by atoms with Gasteiger partial charge in [0.15, 0.2) is 0 Å². The van der Waals surface area contributed by atoms with Gasteiger partial charge in [0.1, 0.15) is 6.10 Å². The first-order chi connectivity index (χ1) is 8.90. The lowest BCUT2D eigenvalue weighted by Crippen LogP contribution is -2.15. The van der Waals surface area contributed by atoms with Crippen molar-refractivity contribution in [2.45, 2.75) is 6.10 Å². The first-order valence-electron chi connectivity index (χ1n) is 4.95. The molecule has 0 amide bonds. The molecule has 1 aliphatic heterocycles. The SMILES string of the molecule is C=CC(=O)OC.O=C1C=CC(=O)O1.OCC(O)CO. The molecule has 0 radical (unpaired) electrons. The summed E-state index contributed by atoms with van der Waals surface area (Å²) in [4.78, 5) is 29.7. The molecule has 0 fully saturated rings. The Morgan fingerprint density at radius 1 is 1.37 bits per heavy atom. The fourth-order valence-electron chi connectivity index (χ4n) is 0.444. The smallest absolute Gasteiger partial charge is 0.338 e. The van der Waals surface area contributed by atoms with Gasteiger partial charge in [0.2, 0.25) is 0 Å². The van der Waals surface area contributed by atoms with Crippen LogP contribution < -0.4 is 0 Å². The summed E-state index contributed by atoms with van der Waals surface area (Å²) in [6, 6.07) is 0. The number of carbonyl (C=O) groups is 3. The number of esters is 3. The van der Waals surface area contributed by atoms with E-state index in [-0.39, 0.29) is 13.2 Å². The van der Waals surface area contributed by atoms with Crippen LogP contribution in [0.25, 0.3) is 0 Å². The molecule has 0 aromatic carbocycles. The Bertz CT molecular complexity index is 314. The average Bonchev–Trinajstić information content (AvgIpc) is 2.81. The van der Waals surface area contributed by atoms with Gasteiger partial charge < -0.3 is 24.8 Å². The van der Waals surface area contributed by atoms with Crippen LogP contribution in [-0.4, -0.2) is 59.7 Å². The maximum absolute atomic E-state index is 9.92. The van der Waals surface area contributed by atoms with E-state index in [9.17, 15) is 14.4 Å². The zero-order chi connectivity index (χ0) is 15.3. The molecule has 108 valence electrons. The second kappa shape index (κ2) is 12.4. The summed E-state index contributed by atoms with van der Waals surface area (Å²) in [7, 11) is 1.31. The minimum atomic E-state index is -0.954. The molecule has 8 heteroatoms. The van der Waals surface area contributed by atoms with Crippen LogP contribution in [0, 0.1) is 0 Å². The molecule has 3 N–H and O–H groups in total. The van der Waals surface area contributed by atoms with Gasteiger partial charge in [-0.15, -0.1) is 0 Å². The Morgan fingerprint density at radius 2 is 1.79 bits per heavy atom.